The first-order valence-electron chi connectivity index (χ1n) is 7.25. The number of rotatable bonds is 1. The molecule has 2 aliphatic heterocycles. The minimum Gasteiger partial charge on any atom is -0.857 e. The normalized spacial score (nSPS) is 37.1. The maximum atomic E-state index is 12.0. The van der Waals surface area contributed by atoms with E-state index in [1.165, 1.54) is 0 Å². The van der Waals surface area contributed by atoms with Crippen molar-refractivity contribution in [1.29, 1.82) is 0 Å². The predicted molar refractivity (Wildman–Crippen MR) is 78.4 cm³/mol. The topological polar surface area (TPSA) is 227 Å². The molecule has 0 aliphatic carbocycles. The van der Waals surface area contributed by atoms with E-state index in [2.05, 4.69) is 23.8 Å². The van der Waals surface area contributed by atoms with E-state index in [9.17, 15) is 29.1 Å². The van der Waals surface area contributed by atoms with E-state index in [1.807, 2.05) is 0 Å². The molecule has 2 saturated heterocycles. The molecule has 4 rings (SSSR count). The van der Waals surface area contributed by atoms with E-state index in [0.29, 0.717) is 0 Å². The van der Waals surface area contributed by atoms with Crippen molar-refractivity contribution >= 4 is 32.8 Å². The minimum atomic E-state index is -5.20. The van der Waals surface area contributed by atoms with Crippen molar-refractivity contribution < 1.29 is 106 Å². The van der Waals surface area contributed by atoms with Gasteiger partial charge in [0.15, 0.2) is 11.9 Å². The minimum absolute atomic E-state index is 0. The molecule has 19 heteroatoms. The van der Waals surface area contributed by atoms with Crippen LogP contribution in [-0.4, -0.2) is 54.4 Å². The SMILES string of the molecule is Nc1nc([O-])c2ncn([C@@H]3O[C@@H]4COP(=O)([O-])OP(=O)(O)O[C@@H]3[C@@H]4O)c2n1.[Na+].[Na+]. The van der Waals surface area contributed by atoms with Crippen LogP contribution in [0, 0.1) is 0 Å². The molecule has 2 fully saturated rings. The molecule has 0 aromatic carbocycles. The molecule has 4 heterocycles. The second kappa shape index (κ2) is 9.06. The van der Waals surface area contributed by atoms with Gasteiger partial charge in [-0.2, -0.15) is 4.98 Å². The van der Waals surface area contributed by atoms with Crippen LogP contribution in [0.1, 0.15) is 6.23 Å². The average Bonchev–Trinajstić information content (AvgIpc) is 3.07. The summed E-state index contributed by atoms with van der Waals surface area (Å²) < 4.78 is 43.3. The van der Waals surface area contributed by atoms with Gasteiger partial charge in [0, 0.05) is 5.88 Å². The van der Waals surface area contributed by atoms with Gasteiger partial charge in [-0.25, -0.2) is 18.8 Å². The largest absolute Gasteiger partial charge is 1.00 e. The zero-order valence-corrected chi connectivity index (χ0v) is 20.8. The molecular weight excluding hydrogens is 458 g/mol. The molecule has 0 radical (unpaired) electrons. The van der Waals surface area contributed by atoms with E-state index in [4.69, 9.17) is 15.0 Å². The fourth-order valence-corrected chi connectivity index (χ4v) is 4.99. The number of phosphoric acid groups is 2. The van der Waals surface area contributed by atoms with Crippen LogP contribution in [0.2, 0.25) is 0 Å². The third-order valence-corrected chi connectivity index (χ3v) is 6.45. The van der Waals surface area contributed by atoms with E-state index >= 15 is 0 Å². The maximum Gasteiger partial charge on any atom is 1.00 e. The number of aromatic nitrogens is 4. The van der Waals surface area contributed by atoms with Crippen molar-refractivity contribution in [3.63, 3.8) is 0 Å². The first kappa shape index (κ1) is 25.6. The summed E-state index contributed by atoms with van der Waals surface area (Å²) >= 11 is 0. The summed E-state index contributed by atoms with van der Waals surface area (Å²) in [5.74, 6) is -1.12. The van der Waals surface area contributed by atoms with Crippen LogP contribution in [-0.2, 0) is 27.2 Å². The number of nitrogens with two attached hydrogens (primary N) is 1. The summed E-state index contributed by atoms with van der Waals surface area (Å²) in [5, 5.41) is 22.2. The van der Waals surface area contributed by atoms with Gasteiger partial charge in [0.1, 0.15) is 23.8 Å². The molecule has 4 N–H and O–H groups in total. The summed E-state index contributed by atoms with van der Waals surface area (Å²) in [6.45, 7) is -0.713. The Morgan fingerprint density at radius 3 is 2.69 bits per heavy atom. The van der Waals surface area contributed by atoms with Gasteiger partial charge < -0.3 is 35.0 Å². The van der Waals surface area contributed by atoms with Gasteiger partial charge in [-0.3, -0.25) is 13.7 Å². The number of imidazole rings is 1. The smallest absolute Gasteiger partial charge is 0.857 e. The van der Waals surface area contributed by atoms with Crippen LogP contribution in [0.25, 0.3) is 11.2 Å². The Hall–Kier alpha value is 0.330. The number of aliphatic hydroxyl groups is 1. The van der Waals surface area contributed by atoms with E-state index in [0.717, 1.165) is 10.9 Å². The third-order valence-electron chi connectivity index (χ3n) is 3.85. The van der Waals surface area contributed by atoms with Crippen molar-refractivity contribution in [3.05, 3.63) is 6.33 Å². The van der Waals surface area contributed by atoms with Crippen molar-refractivity contribution in [2.24, 2.45) is 0 Å². The molecule has 2 aliphatic rings. The molecule has 2 aromatic heterocycles. The summed E-state index contributed by atoms with van der Waals surface area (Å²) in [7, 11) is -10.4. The molecule has 0 saturated carbocycles. The quantitative estimate of drug-likeness (QED) is 0.260. The van der Waals surface area contributed by atoms with E-state index in [-0.39, 0.29) is 76.2 Å². The Labute approximate surface area is 206 Å². The van der Waals surface area contributed by atoms with Gasteiger partial charge in [-0.1, -0.05) is 0 Å². The van der Waals surface area contributed by atoms with Crippen LogP contribution in [0.5, 0.6) is 5.88 Å². The fourth-order valence-electron chi connectivity index (χ4n) is 2.77. The Bertz CT molecular complexity index is 1010. The fraction of sp³-hybridized carbons (Fsp3) is 0.500. The average molecular weight is 469 g/mol. The summed E-state index contributed by atoms with van der Waals surface area (Å²) in [4.78, 5) is 32.3. The summed E-state index contributed by atoms with van der Waals surface area (Å²) in [5.41, 5.74) is 5.20. The molecule has 0 amide bonds. The van der Waals surface area contributed by atoms with Gasteiger partial charge >= 0.3 is 66.9 Å². The summed E-state index contributed by atoms with van der Waals surface area (Å²) in [6, 6.07) is 0. The van der Waals surface area contributed by atoms with Crippen LogP contribution in [0.3, 0.4) is 0 Å². The Balaban J connectivity index is 0.00000150. The van der Waals surface area contributed by atoms with Crippen LogP contribution in [0.4, 0.5) is 5.95 Å². The molecule has 29 heavy (non-hydrogen) atoms. The number of nitrogen functional groups attached to an aromatic ring is 1. The number of hydrogen-bond donors (Lipinski definition) is 3. The van der Waals surface area contributed by atoms with Gasteiger partial charge in [0.2, 0.25) is 5.95 Å². The van der Waals surface area contributed by atoms with Gasteiger partial charge in [0.25, 0.3) is 7.82 Å². The molecule has 148 valence electrons. The standard InChI is InChI=1S/C10H13N5O10P2.2Na/c11-10-13-7-4(8(17)14-10)12-2-15(7)9-6-5(16)3(23-9)1-22-26(18,19)25-27(20,21)24-6;;/h2-3,5-6,9,16H,1H2,(H,18,19)(H,20,21)(H3,11,13,14,17);;/q;2*+1/p-2/t3-,5-,6-,9-;;/m1../s1. The van der Waals surface area contributed by atoms with E-state index < -0.39 is 52.7 Å². The molecule has 2 bridgehead atoms. The molecular formula is C10H11N5Na2O10P2. The number of aliphatic hydroxyl groups excluding tert-OH is 1. The van der Waals surface area contributed by atoms with Gasteiger partial charge in [-0.05, 0) is 0 Å². The summed E-state index contributed by atoms with van der Waals surface area (Å²) in [6.07, 6.45) is -4.67. The third kappa shape index (κ3) is 5.06. The Morgan fingerprint density at radius 2 is 2.00 bits per heavy atom. The molecule has 15 nitrogen and oxygen atoms in total. The number of ether oxygens (including phenoxy) is 1. The Morgan fingerprint density at radius 1 is 1.31 bits per heavy atom. The number of nitrogens with zero attached hydrogens (tertiary/aromatic N) is 4. The molecule has 2 aromatic rings. The van der Waals surface area contributed by atoms with Crippen LogP contribution < -0.4 is 74.8 Å². The molecule has 2 unspecified atom stereocenters. The van der Waals surface area contributed by atoms with Crippen molar-refractivity contribution in [2.45, 2.75) is 24.5 Å². The number of anilines is 1. The molecule has 0 spiro atoms. The van der Waals surface area contributed by atoms with Crippen molar-refractivity contribution in [3.8, 4) is 5.88 Å². The van der Waals surface area contributed by atoms with E-state index in [1.54, 1.807) is 0 Å². The first-order chi connectivity index (χ1) is 12.6. The second-order valence-electron chi connectivity index (χ2n) is 5.63. The second-order valence-corrected chi connectivity index (χ2v) is 8.58. The predicted octanol–water partition coefficient (Wildman–Crippen LogP) is -8.25. The number of phosphoric ester groups is 2. The number of fused-ring (bicyclic) bond motifs is 3. The zero-order valence-electron chi connectivity index (χ0n) is 15.0. The van der Waals surface area contributed by atoms with Gasteiger partial charge in [0.05, 0.1) is 12.9 Å². The zero-order chi connectivity index (χ0) is 19.6. The van der Waals surface area contributed by atoms with Gasteiger partial charge in [-0.15, -0.1) is 0 Å². The van der Waals surface area contributed by atoms with Crippen LogP contribution >= 0.6 is 15.6 Å². The van der Waals surface area contributed by atoms with Crippen LogP contribution in [0.15, 0.2) is 6.33 Å². The number of hydrogen-bond acceptors (Lipinski definition) is 13. The van der Waals surface area contributed by atoms with Crippen molar-refractivity contribution in [2.75, 3.05) is 12.3 Å². The maximum absolute atomic E-state index is 12.0. The van der Waals surface area contributed by atoms with Crippen molar-refractivity contribution in [1.82, 2.24) is 19.5 Å². The Kier molecular flexibility index (Phi) is 7.99. The first-order valence-corrected chi connectivity index (χ1v) is 10.2. The molecule has 6 atom stereocenters. The monoisotopic (exact) mass is 469 g/mol.